The average molecular weight is 355 g/mol. The van der Waals surface area contributed by atoms with E-state index in [1.165, 1.54) is 11.8 Å². The summed E-state index contributed by atoms with van der Waals surface area (Å²) in [5.74, 6) is 1.27. The van der Waals surface area contributed by atoms with Gasteiger partial charge in [-0.3, -0.25) is 4.79 Å². The van der Waals surface area contributed by atoms with E-state index in [-0.39, 0.29) is 18.3 Å². The summed E-state index contributed by atoms with van der Waals surface area (Å²) in [6, 6.07) is 18.9. The zero-order valence-corrected chi connectivity index (χ0v) is 14.5. The highest BCUT2D eigenvalue weighted by molar-refractivity contribution is 7.99. The molecule has 1 heterocycles. The zero-order valence-electron chi connectivity index (χ0n) is 13.7. The number of rotatable bonds is 7. The number of hydrogen-bond donors (Lipinski definition) is 0. The van der Waals surface area contributed by atoms with Crippen molar-refractivity contribution in [3.63, 3.8) is 0 Å². The minimum absolute atomic E-state index is 0.0449. The van der Waals surface area contributed by atoms with Crippen LogP contribution in [0.25, 0.3) is 0 Å². The lowest BCUT2D eigenvalue weighted by molar-refractivity contribution is -0.115. The molecule has 7 heteroatoms. The van der Waals surface area contributed by atoms with E-state index in [4.69, 9.17) is 9.15 Å². The van der Waals surface area contributed by atoms with Gasteiger partial charge in [-0.15, -0.1) is 10.2 Å². The first-order valence-electron chi connectivity index (χ1n) is 7.67. The summed E-state index contributed by atoms with van der Waals surface area (Å²) in [6.07, 6.45) is 0. The van der Waals surface area contributed by atoms with Gasteiger partial charge in [0.2, 0.25) is 5.91 Å². The number of hydrogen-bond acceptors (Lipinski definition) is 6. The van der Waals surface area contributed by atoms with Crippen molar-refractivity contribution in [1.82, 2.24) is 10.2 Å². The van der Waals surface area contributed by atoms with Gasteiger partial charge < -0.3 is 14.1 Å². The van der Waals surface area contributed by atoms with Crippen molar-refractivity contribution < 1.29 is 13.9 Å². The fraction of sp³-hybridized carbons (Fsp3) is 0.167. The minimum atomic E-state index is -0.0449. The zero-order chi connectivity index (χ0) is 17.5. The third-order valence-electron chi connectivity index (χ3n) is 3.39. The molecule has 0 aliphatic heterocycles. The average Bonchev–Trinajstić information content (AvgIpc) is 3.13. The number of nitrogens with zero attached hydrogens (tertiary/aromatic N) is 3. The van der Waals surface area contributed by atoms with Crippen molar-refractivity contribution in [1.29, 1.82) is 0 Å². The van der Waals surface area contributed by atoms with E-state index in [2.05, 4.69) is 10.2 Å². The van der Waals surface area contributed by atoms with Crippen LogP contribution < -0.4 is 9.64 Å². The highest BCUT2D eigenvalue weighted by atomic mass is 32.2. The van der Waals surface area contributed by atoms with Gasteiger partial charge in [0.1, 0.15) is 5.75 Å². The highest BCUT2D eigenvalue weighted by Gasteiger charge is 2.14. The molecule has 128 valence electrons. The Kier molecular flexibility index (Phi) is 5.69. The molecular formula is C18H17N3O3S. The predicted octanol–water partition coefficient (Wildman–Crippen LogP) is 3.40. The second-order valence-electron chi connectivity index (χ2n) is 5.14. The van der Waals surface area contributed by atoms with Gasteiger partial charge in [-0.2, -0.15) is 0 Å². The number of para-hydroxylation sites is 2. The third kappa shape index (κ3) is 4.84. The van der Waals surface area contributed by atoms with Gasteiger partial charge in [0.15, 0.2) is 6.61 Å². The summed E-state index contributed by atoms with van der Waals surface area (Å²) in [4.78, 5) is 13.8. The van der Waals surface area contributed by atoms with E-state index < -0.39 is 0 Å². The largest absolute Gasteiger partial charge is 0.484 e. The quantitative estimate of drug-likeness (QED) is 0.605. The predicted molar refractivity (Wildman–Crippen MR) is 95.6 cm³/mol. The van der Waals surface area contributed by atoms with E-state index in [9.17, 15) is 4.79 Å². The Bertz CT molecular complexity index is 809. The van der Waals surface area contributed by atoms with Gasteiger partial charge in [-0.25, -0.2) is 0 Å². The second kappa shape index (κ2) is 8.34. The van der Waals surface area contributed by atoms with Crippen molar-refractivity contribution in [2.45, 2.75) is 11.8 Å². The SMILES string of the molecule is CN(C(=O)CSc1nnc(COc2ccccc2)o1)c1ccccc1. The van der Waals surface area contributed by atoms with Crippen LogP contribution in [0.2, 0.25) is 0 Å². The van der Waals surface area contributed by atoms with Crippen molar-refractivity contribution in [2.24, 2.45) is 0 Å². The van der Waals surface area contributed by atoms with Gasteiger partial charge >= 0.3 is 0 Å². The van der Waals surface area contributed by atoms with Gasteiger partial charge in [-0.1, -0.05) is 48.2 Å². The van der Waals surface area contributed by atoms with E-state index in [1.54, 1.807) is 11.9 Å². The Labute approximate surface area is 149 Å². The molecule has 3 aromatic rings. The smallest absolute Gasteiger partial charge is 0.277 e. The molecule has 3 rings (SSSR count). The topological polar surface area (TPSA) is 68.5 Å². The number of ether oxygens (including phenoxy) is 1. The molecule has 6 nitrogen and oxygen atoms in total. The first kappa shape index (κ1) is 17.0. The third-order valence-corrected chi connectivity index (χ3v) is 4.19. The second-order valence-corrected chi connectivity index (χ2v) is 6.07. The molecule has 0 spiro atoms. The monoisotopic (exact) mass is 355 g/mol. The summed E-state index contributed by atoms with van der Waals surface area (Å²) >= 11 is 1.21. The molecule has 0 aliphatic carbocycles. The molecule has 0 saturated heterocycles. The molecule has 0 unspecified atom stereocenters. The molecule has 0 aliphatic rings. The molecule has 25 heavy (non-hydrogen) atoms. The number of benzene rings is 2. The fourth-order valence-electron chi connectivity index (χ4n) is 2.03. The Morgan fingerprint density at radius 2 is 1.76 bits per heavy atom. The summed E-state index contributed by atoms with van der Waals surface area (Å²) < 4.78 is 11.0. The van der Waals surface area contributed by atoms with Crippen LogP contribution in [0.3, 0.4) is 0 Å². The van der Waals surface area contributed by atoms with E-state index in [1.807, 2.05) is 60.7 Å². The van der Waals surface area contributed by atoms with Crippen LogP contribution in [0.5, 0.6) is 5.75 Å². The Morgan fingerprint density at radius 3 is 2.48 bits per heavy atom. The number of carbonyl (C=O) groups excluding carboxylic acids is 1. The number of aromatic nitrogens is 2. The van der Waals surface area contributed by atoms with Crippen LogP contribution in [0.15, 0.2) is 70.3 Å². The first-order chi connectivity index (χ1) is 12.2. The molecule has 0 radical (unpaired) electrons. The van der Waals surface area contributed by atoms with Crippen molar-refractivity contribution in [2.75, 3.05) is 17.7 Å². The number of thioether (sulfide) groups is 1. The van der Waals surface area contributed by atoms with Crippen molar-refractivity contribution in [3.05, 3.63) is 66.6 Å². The Hall–Kier alpha value is -2.80. The molecular weight excluding hydrogens is 338 g/mol. The van der Waals surface area contributed by atoms with E-state index in [0.717, 1.165) is 11.4 Å². The fourth-order valence-corrected chi connectivity index (χ4v) is 2.73. The maximum absolute atomic E-state index is 12.2. The minimum Gasteiger partial charge on any atom is -0.484 e. The van der Waals surface area contributed by atoms with Crippen LogP contribution >= 0.6 is 11.8 Å². The normalized spacial score (nSPS) is 10.4. The lowest BCUT2D eigenvalue weighted by Crippen LogP contribution is -2.27. The summed E-state index contributed by atoms with van der Waals surface area (Å²) in [6.45, 7) is 0.190. The molecule has 0 atom stereocenters. The number of anilines is 1. The molecule has 1 aromatic heterocycles. The van der Waals surface area contributed by atoms with Gasteiger partial charge in [0.25, 0.3) is 11.1 Å². The summed E-state index contributed by atoms with van der Waals surface area (Å²) in [5.41, 5.74) is 0.843. The molecule has 1 amide bonds. The standard InChI is InChI=1S/C18H17N3O3S/c1-21(14-8-4-2-5-9-14)17(22)13-25-18-20-19-16(24-18)12-23-15-10-6-3-7-11-15/h2-11H,12-13H2,1H3. The van der Waals surface area contributed by atoms with Crippen LogP contribution in [0.4, 0.5) is 5.69 Å². The Balaban J connectivity index is 1.49. The van der Waals surface area contributed by atoms with Crippen LogP contribution in [-0.4, -0.2) is 28.9 Å². The van der Waals surface area contributed by atoms with Crippen molar-refractivity contribution >= 4 is 23.4 Å². The van der Waals surface area contributed by atoms with Crippen LogP contribution in [0, 0.1) is 0 Å². The van der Waals surface area contributed by atoms with Gasteiger partial charge in [0, 0.05) is 12.7 Å². The van der Waals surface area contributed by atoms with E-state index >= 15 is 0 Å². The number of amides is 1. The van der Waals surface area contributed by atoms with Crippen molar-refractivity contribution in [3.8, 4) is 5.75 Å². The van der Waals surface area contributed by atoms with E-state index in [0.29, 0.717) is 11.1 Å². The van der Waals surface area contributed by atoms with Crippen LogP contribution in [-0.2, 0) is 11.4 Å². The summed E-state index contributed by atoms with van der Waals surface area (Å²) in [5, 5.41) is 8.20. The Morgan fingerprint density at radius 1 is 1.08 bits per heavy atom. The summed E-state index contributed by atoms with van der Waals surface area (Å²) in [7, 11) is 1.74. The number of carbonyl (C=O) groups is 1. The van der Waals surface area contributed by atoms with Gasteiger partial charge in [0.05, 0.1) is 5.75 Å². The lowest BCUT2D eigenvalue weighted by Gasteiger charge is -2.16. The lowest BCUT2D eigenvalue weighted by atomic mass is 10.3. The first-order valence-corrected chi connectivity index (χ1v) is 8.65. The van der Waals surface area contributed by atoms with Crippen LogP contribution in [0.1, 0.15) is 5.89 Å². The molecule has 0 bridgehead atoms. The molecule has 0 fully saturated rings. The maximum atomic E-state index is 12.2. The molecule has 2 aromatic carbocycles. The molecule has 0 saturated carbocycles. The van der Waals surface area contributed by atoms with Gasteiger partial charge in [-0.05, 0) is 24.3 Å². The highest BCUT2D eigenvalue weighted by Crippen LogP contribution is 2.19. The molecule has 0 N–H and O–H groups in total. The maximum Gasteiger partial charge on any atom is 0.277 e.